The van der Waals surface area contributed by atoms with Gasteiger partial charge in [0.1, 0.15) is 0 Å². The van der Waals surface area contributed by atoms with Crippen molar-refractivity contribution in [2.75, 3.05) is 0 Å². The average molecular weight is 200 g/mol. The monoisotopic (exact) mass is 200 g/mol. The van der Waals surface area contributed by atoms with Gasteiger partial charge in [0.2, 0.25) is 0 Å². The number of rotatable bonds is 0. The standard InChI is InChI=1S/C12H24O2/c1-8-10(13)12(5,6)7-9(14-8)11(2,3)4/h8-10,13H,7H2,1-6H3/t8?,9-,10-/m1/s1. The second-order valence-corrected chi connectivity index (χ2v) is 6.33. The largest absolute Gasteiger partial charge is 0.390 e. The van der Waals surface area contributed by atoms with Crippen molar-refractivity contribution in [3.63, 3.8) is 0 Å². The molecule has 1 saturated heterocycles. The van der Waals surface area contributed by atoms with Gasteiger partial charge >= 0.3 is 0 Å². The Kier molecular flexibility index (Phi) is 2.99. The molecule has 0 spiro atoms. The molecule has 1 unspecified atom stereocenters. The first kappa shape index (κ1) is 12.0. The Hall–Kier alpha value is -0.0800. The quantitative estimate of drug-likeness (QED) is 0.651. The van der Waals surface area contributed by atoms with E-state index in [4.69, 9.17) is 4.74 Å². The molecule has 2 heteroatoms. The summed E-state index contributed by atoms with van der Waals surface area (Å²) < 4.78 is 5.85. The first-order chi connectivity index (χ1) is 6.14. The fourth-order valence-electron chi connectivity index (χ4n) is 2.13. The highest BCUT2D eigenvalue weighted by Crippen LogP contribution is 2.41. The average Bonchev–Trinajstić information content (AvgIpc) is 1.97. The Morgan fingerprint density at radius 3 is 2.14 bits per heavy atom. The highest BCUT2D eigenvalue weighted by Gasteiger charge is 2.44. The molecule has 0 amide bonds. The van der Waals surface area contributed by atoms with E-state index in [1.165, 1.54) is 0 Å². The van der Waals surface area contributed by atoms with E-state index < -0.39 is 0 Å². The van der Waals surface area contributed by atoms with Crippen LogP contribution in [0.4, 0.5) is 0 Å². The minimum Gasteiger partial charge on any atom is -0.390 e. The Morgan fingerprint density at radius 2 is 1.79 bits per heavy atom. The number of aliphatic hydroxyl groups is 1. The van der Waals surface area contributed by atoms with E-state index in [1.54, 1.807) is 0 Å². The van der Waals surface area contributed by atoms with Crippen LogP contribution >= 0.6 is 0 Å². The molecule has 1 heterocycles. The van der Waals surface area contributed by atoms with Crippen LogP contribution in [0.5, 0.6) is 0 Å². The summed E-state index contributed by atoms with van der Waals surface area (Å²) >= 11 is 0. The van der Waals surface area contributed by atoms with Gasteiger partial charge in [0, 0.05) is 0 Å². The van der Waals surface area contributed by atoms with E-state index in [9.17, 15) is 5.11 Å². The van der Waals surface area contributed by atoms with Gasteiger partial charge < -0.3 is 9.84 Å². The van der Waals surface area contributed by atoms with Gasteiger partial charge in [0.05, 0.1) is 18.3 Å². The van der Waals surface area contributed by atoms with Gasteiger partial charge in [-0.1, -0.05) is 34.6 Å². The zero-order valence-electron chi connectivity index (χ0n) is 10.3. The smallest absolute Gasteiger partial charge is 0.0850 e. The van der Waals surface area contributed by atoms with Gasteiger partial charge in [-0.15, -0.1) is 0 Å². The summed E-state index contributed by atoms with van der Waals surface area (Å²) in [5.41, 5.74) is 0.126. The molecule has 0 aromatic rings. The van der Waals surface area contributed by atoms with Crippen LogP contribution in [0.1, 0.15) is 48.0 Å². The van der Waals surface area contributed by atoms with Crippen LogP contribution in [0.3, 0.4) is 0 Å². The summed E-state index contributed by atoms with van der Waals surface area (Å²) in [5, 5.41) is 9.96. The molecule has 1 fully saturated rings. The molecule has 1 N–H and O–H groups in total. The van der Waals surface area contributed by atoms with Crippen molar-refractivity contribution in [3.8, 4) is 0 Å². The third kappa shape index (κ3) is 2.29. The summed E-state index contributed by atoms with van der Waals surface area (Å²) in [6.07, 6.45) is 0.780. The van der Waals surface area contributed by atoms with Crippen LogP contribution in [0.2, 0.25) is 0 Å². The van der Waals surface area contributed by atoms with Crippen molar-refractivity contribution in [1.29, 1.82) is 0 Å². The molecule has 84 valence electrons. The van der Waals surface area contributed by atoms with Crippen molar-refractivity contribution in [2.24, 2.45) is 10.8 Å². The summed E-state index contributed by atoms with van der Waals surface area (Å²) in [6.45, 7) is 12.8. The Balaban J connectivity index is 2.79. The van der Waals surface area contributed by atoms with Gasteiger partial charge in [0.25, 0.3) is 0 Å². The molecular formula is C12H24O2. The van der Waals surface area contributed by atoms with Crippen LogP contribution < -0.4 is 0 Å². The third-order valence-electron chi connectivity index (χ3n) is 3.30. The molecule has 0 aromatic heterocycles. The number of hydrogen-bond acceptors (Lipinski definition) is 2. The molecule has 2 nitrogen and oxygen atoms in total. The van der Waals surface area contributed by atoms with Crippen LogP contribution in [-0.2, 0) is 4.74 Å². The Labute approximate surface area is 87.7 Å². The van der Waals surface area contributed by atoms with Gasteiger partial charge in [-0.3, -0.25) is 0 Å². The highest BCUT2D eigenvalue weighted by molar-refractivity contribution is 4.93. The maximum Gasteiger partial charge on any atom is 0.0850 e. The molecule has 0 aromatic carbocycles. The summed E-state index contributed by atoms with van der Waals surface area (Å²) in [7, 11) is 0. The zero-order valence-corrected chi connectivity index (χ0v) is 10.3. The predicted molar refractivity (Wildman–Crippen MR) is 58.2 cm³/mol. The van der Waals surface area contributed by atoms with Crippen LogP contribution in [0.25, 0.3) is 0 Å². The first-order valence-corrected chi connectivity index (χ1v) is 5.48. The van der Waals surface area contributed by atoms with Crippen molar-refractivity contribution in [3.05, 3.63) is 0 Å². The van der Waals surface area contributed by atoms with Crippen LogP contribution in [0, 0.1) is 10.8 Å². The number of hydrogen-bond donors (Lipinski definition) is 1. The summed E-state index contributed by atoms with van der Waals surface area (Å²) in [4.78, 5) is 0. The van der Waals surface area contributed by atoms with Gasteiger partial charge in [0.15, 0.2) is 0 Å². The van der Waals surface area contributed by atoms with Crippen molar-refractivity contribution < 1.29 is 9.84 Å². The second kappa shape index (κ2) is 3.49. The lowest BCUT2D eigenvalue weighted by molar-refractivity contribution is -0.190. The molecule has 0 radical (unpaired) electrons. The molecule has 1 aliphatic rings. The molecule has 0 bridgehead atoms. The fraction of sp³-hybridized carbons (Fsp3) is 1.00. The van der Waals surface area contributed by atoms with Gasteiger partial charge in [-0.2, -0.15) is 0 Å². The highest BCUT2D eigenvalue weighted by atomic mass is 16.5. The van der Waals surface area contributed by atoms with Crippen LogP contribution in [0.15, 0.2) is 0 Å². The van der Waals surface area contributed by atoms with E-state index >= 15 is 0 Å². The van der Waals surface area contributed by atoms with Gasteiger partial charge in [-0.05, 0) is 24.2 Å². The molecule has 0 aliphatic carbocycles. The van der Waals surface area contributed by atoms with Crippen molar-refractivity contribution in [1.82, 2.24) is 0 Å². The number of ether oxygens (including phenoxy) is 1. The van der Waals surface area contributed by atoms with Crippen molar-refractivity contribution >= 4 is 0 Å². The Morgan fingerprint density at radius 1 is 1.29 bits per heavy atom. The Bertz CT molecular complexity index is 203. The zero-order chi connectivity index (χ0) is 11.1. The lowest BCUT2D eigenvalue weighted by Gasteiger charge is -2.47. The normalized spacial score (nSPS) is 38.4. The van der Waals surface area contributed by atoms with E-state index in [0.29, 0.717) is 0 Å². The minimum absolute atomic E-state index is 0.0321. The van der Waals surface area contributed by atoms with E-state index in [-0.39, 0.29) is 29.1 Å². The van der Waals surface area contributed by atoms with E-state index in [1.807, 2.05) is 6.92 Å². The second-order valence-electron chi connectivity index (χ2n) is 6.33. The predicted octanol–water partition coefficient (Wildman–Crippen LogP) is 2.60. The van der Waals surface area contributed by atoms with E-state index in [2.05, 4.69) is 34.6 Å². The molecule has 1 rings (SSSR count). The van der Waals surface area contributed by atoms with Crippen molar-refractivity contribution in [2.45, 2.75) is 66.3 Å². The summed E-state index contributed by atoms with van der Waals surface area (Å²) in [5.74, 6) is 0. The van der Waals surface area contributed by atoms with Crippen LogP contribution in [-0.4, -0.2) is 23.4 Å². The van der Waals surface area contributed by atoms with Gasteiger partial charge in [-0.25, -0.2) is 0 Å². The number of aliphatic hydroxyl groups excluding tert-OH is 1. The maximum absolute atomic E-state index is 9.96. The lowest BCUT2D eigenvalue weighted by atomic mass is 9.71. The molecule has 1 aliphatic heterocycles. The SMILES string of the molecule is CC1O[C@@H](C(C)(C)C)CC(C)(C)[C@@H]1O. The first-order valence-electron chi connectivity index (χ1n) is 5.48. The maximum atomic E-state index is 9.96. The minimum atomic E-state index is -0.346. The van der Waals surface area contributed by atoms with E-state index in [0.717, 1.165) is 6.42 Å². The molecule has 3 atom stereocenters. The fourth-order valence-corrected chi connectivity index (χ4v) is 2.13. The molecule has 0 saturated carbocycles. The molecule has 14 heavy (non-hydrogen) atoms. The summed E-state index contributed by atoms with van der Waals surface area (Å²) in [6, 6.07) is 0. The third-order valence-corrected chi connectivity index (χ3v) is 3.30. The lowest BCUT2D eigenvalue weighted by Crippen LogP contribution is -2.51. The molecular weight excluding hydrogens is 176 g/mol. The topological polar surface area (TPSA) is 29.5 Å².